The molecular weight excluding hydrogens is 675 g/mol. The molecule has 9 aromatic rings. The fourth-order valence-electron chi connectivity index (χ4n) is 8.95. The zero-order valence-electron chi connectivity index (χ0n) is 31.0. The number of hydrogen-bond acceptors (Lipinski definition) is 1. The summed E-state index contributed by atoms with van der Waals surface area (Å²) in [6.45, 7) is 0. The van der Waals surface area contributed by atoms with Crippen LogP contribution in [0.2, 0.25) is 0 Å². The standard InChI is InChI=1S/C55H39N/c1-6-20-40(21-7-1)42-24-18-25-43(38-42)54-48(41-22-8-2-9-23-41)33-19-35-53(54)56(46-30-14-5-15-31-46)47-36-37-50-49-32-16-17-34-51(49)55(52(50)39-47,44-26-10-3-11-27-44)45-28-12-4-13-29-45/h1-39H. The van der Waals surface area contributed by atoms with Crippen LogP contribution in [0.4, 0.5) is 17.1 Å². The van der Waals surface area contributed by atoms with Gasteiger partial charge in [0.05, 0.1) is 11.1 Å². The van der Waals surface area contributed by atoms with Gasteiger partial charge < -0.3 is 4.90 Å². The van der Waals surface area contributed by atoms with Crippen molar-refractivity contribution in [1.29, 1.82) is 0 Å². The predicted octanol–water partition coefficient (Wildman–Crippen LogP) is 14.5. The number of fused-ring (bicyclic) bond motifs is 3. The van der Waals surface area contributed by atoms with E-state index in [1.807, 2.05) is 0 Å². The van der Waals surface area contributed by atoms with Gasteiger partial charge in [-0.05, 0) is 97.6 Å². The van der Waals surface area contributed by atoms with Gasteiger partial charge in [-0.15, -0.1) is 0 Å². The lowest BCUT2D eigenvalue weighted by molar-refractivity contribution is 0.768. The minimum atomic E-state index is -0.508. The number of hydrogen-bond donors (Lipinski definition) is 0. The Labute approximate surface area is 329 Å². The Hall–Kier alpha value is -7.22. The number of para-hydroxylation sites is 1. The van der Waals surface area contributed by atoms with Gasteiger partial charge in [0, 0.05) is 16.9 Å². The quantitative estimate of drug-likeness (QED) is 0.152. The van der Waals surface area contributed by atoms with E-state index in [0.717, 1.165) is 17.1 Å². The third kappa shape index (κ3) is 5.56. The fourth-order valence-corrected chi connectivity index (χ4v) is 8.95. The highest BCUT2D eigenvalue weighted by Crippen LogP contribution is 2.57. The summed E-state index contributed by atoms with van der Waals surface area (Å²) >= 11 is 0. The second kappa shape index (κ2) is 14.2. The topological polar surface area (TPSA) is 3.24 Å². The van der Waals surface area contributed by atoms with Crippen molar-refractivity contribution in [3.63, 3.8) is 0 Å². The Morgan fingerprint density at radius 2 is 0.786 bits per heavy atom. The predicted molar refractivity (Wildman–Crippen MR) is 235 cm³/mol. The van der Waals surface area contributed by atoms with Gasteiger partial charge in [-0.1, -0.05) is 200 Å². The maximum atomic E-state index is 2.46. The molecule has 1 aliphatic carbocycles. The minimum Gasteiger partial charge on any atom is -0.310 e. The monoisotopic (exact) mass is 713 g/mol. The molecule has 1 aliphatic rings. The molecule has 56 heavy (non-hydrogen) atoms. The molecule has 0 spiro atoms. The van der Waals surface area contributed by atoms with Crippen molar-refractivity contribution in [3.8, 4) is 44.5 Å². The third-order valence-corrected chi connectivity index (χ3v) is 11.3. The van der Waals surface area contributed by atoms with Gasteiger partial charge in [0.15, 0.2) is 0 Å². The molecule has 0 aromatic heterocycles. The molecule has 0 N–H and O–H groups in total. The molecule has 9 aromatic carbocycles. The number of nitrogens with zero attached hydrogens (tertiary/aromatic N) is 1. The van der Waals surface area contributed by atoms with Gasteiger partial charge in [-0.25, -0.2) is 0 Å². The number of anilines is 3. The summed E-state index contributed by atoms with van der Waals surface area (Å²) in [7, 11) is 0. The first kappa shape index (κ1) is 33.4. The molecule has 0 saturated carbocycles. The molecule has 0 atom stereocenters. The van der Waals surface area contributed by atoms with Crippen LogP contribution >= 0.6 is 0 Å². The second-order valence-corrected chi connectivity index (χ2v) is 14.4. The van der Waals surface area contributed by atoms with E-state index in [2.05, 4.69) is 241 Å². The molecule has 264 valence electrons. The second-order valence-electron chi connectivity index (χ2n) is 14.4. The van der Waals surface area contributed by atoms with Crippen LogP contribution in [0, 0.1) is 0 Å². The van der Waals surface area contributed by atoms with E-state index >= 15 is 0 Å². The highest BCUT2D eigenvalue weighted by molar-refractivity contribution is 5.98. The first-order chi connectivity index (χ1) is 27.8. The molecule has 0 radical (unpaired) electrons. The van der Waals surface area contributed by atoms with Crippen LogP contribution in [0.1, 0.15) is 22.3 Å². The maximum absolute atomic E-state index is 2.46. The van der Waals surface area contributed by atoms with Crippen molar-refractivity contribution < 1.29 is 0 Å². The smallest absolute Gasteiger partial charge is 0.0714 e. The van der Waals surface area contributed by atoms with Crippen LogP contribution in [-0.4, -0.2) is 0 Å². The van der Waals surface area contributed by atoms with Gasteiger partial charge in [0.2, 0.25) is 0 Å². The molecule has 1 heteroatoms. The van der Waals surface area contributed by atoms with Crippen molar-refractivity contribution >= 4 is 17.1 Å². The lowest BCUT2D eigenvalue weighted by atomic mass is 9.67. The molecule has 0 unspecified atom stereocenters. The first-order valence-electron chi connectivity index (χ1n) is 19.4. The van der Waals surface area contributed by atoms with Gasteiger partial charge in [0.25, 0.3) is 0 Å². The SMILES string of the molecule is c1ccc(-c2cccc(-c3c(-c4ccccc4)cccc3N(c3ccccc3)c3ccc4c(c3)C(c3ccccc3)(c3ccccc3)c3ccccc3-4)c2)cc1. The Bertz CT molecular complexity index is 2740. The van der Waals surface area contributed by atoms with Crippen LogP contribution in [0.3, 0.4) is 0 Å². The van der Waals surface area contributed by atoms with Gasteiger partial charge in [-0.2, -0.15) is 0 Å². The summed E-state index contributed by atoms with van der Waals surface area (Å²) in [4.78, 5) is 2.46. The molecule has 0 fully saturated rings. The summed E-state index contributed by atoms with van der Waals surface area (Å²) in [5.41, 5.74) is 17.5. The number of benzene rings is 9. The van der Waals surface area contributed by atoms with E-state index in [4.69, 9.17) is 0 Å². The van der Waals surface area contributed by atoms with Crippen molar-refractivity contribution in [3.05, 3.63) is 259 Å². The Balaban J connectivity index is 1.26. The van der Waals surface area contributed by atoms with E-state index in [1.54, 1.807) is 0 Å². The Kier molecular flexibility index (Phi) is 8.46. The van der Waals surface area contributed by atoms with Crippen molar-refractivity contribution in [1.82, 2.24) is 0 Å². The summed E-state index contributed by atoms with van der Waals surface area (Å²) in [6, 6.07) is 86.3. The van der Waals surface area contributed by atoms with Crippen LogP contribution in [-0.2, 0) is 5.41 Å². The summed E-state index contributed by atoms with van der Waals surface area (Å²) in [6.07, 6.45) is 0. The molecular formula is C55H39N. The van der Waals surface area contributed by atoms with Crippen molar-refractivity contribution in [2.45, 2.75) is 5.41 Å². The largest absolute Gasteiger partial charge is 0.310 e. The Morgan fingerprint density at radius 1 is 0.286 bits per heavy atom. The highest BCUT2D eigenvalue weighted by atomic mass is 15.1. The van der Waals surface area contributed by atoms with E-state index in [0.29, 0.717) is 0 Å². The zero-order valence-corrected chi connectivity index (χ0v) is 31.0. The van der Waals surface area contributed by atoms with Crippen LogP contribution < -0.4 is 4.90 Å². The van der Waals surface area contributed by atoms with E-state index < -0.39 is 5.41 Å². The minimum absolute atomic E-state index is 0.508. The molecule has 0 heterocycles. The van der Waals surface area contributed by atoms with Gasteiger partial charge in [0.1, 0.15) is 0 Å². The third-order valence-electron chi connectivity index (χ3n) is 11.3. The lowest BCUT2D eigenvalue weighted by Crippen LogP contribution is -2.28. The van der Waals surface area contributed by atoms with E-state index in [1.165, 1.54) is 66.8 Å². The van der Waals surface area contributed by atoms with Crippen molar-refractivity contribution in [2.75, 3.05) is 4.90 Å². The van der Waals surface area contributed by atoms with E-state index in [-0.39, 0.29) is 0 Å². The van der Waals surface area contributed by atoms with Gasteiger partial charge >= 0.3 is 0 Å². The summed E-state index contributed by atoms with van der Waals surface area (Å²) in [5, 5.41) is 0. The highest BCUT2D eigenvalue weighted by Gasteiger charge is 2.46. The molecule has 1 nitrogen and oxygen atoms in total. The lowest BCUT2D eigenvalue weighted by Gasteiger charge is -2.35. The van der Waals surface area contributed by atoms with Crippen LogP contribution in [0.25, 0.3) is 44.5 Å². The van der Waals surface area contributed by atoms with Crippen LogP contribution in [0.15, 0.2) is 237 Å². The van der Waals surface area contributed by atoms with E-state index in [9.17, 15) is 0 Å². The summed E-state index contributed by atoms with van der Waals surface area (Å²) in [5.74, 6) is 0. The normalized spacial score (nSPS) is 12.4. The molecule has 0 amide bonds. The zero-order chi connectivity index (χ0) is 37.3. The molecule has 10 rings (SSSR count). The van der Waals surface area contributed by atoms with Crippen LogP contribution in [0.5, 0.6) is 0 Å². The average Bonchev–Trinajstić information content (AvgIpc) is 3.58. The maximum Gasteiger partial charge on any atom is 0.0714 e. The molecule has 0 aliphatic heterocycles. The average molecular weight is 714 g/mol. The Morgan fingerprint density at radius 3 is 1.46 bits per heavy atom. The fraction of sp³-hybridized carbons (Fsp3) is 0.0182. The van der Waals surface area contributed by atoms with Crippen molar-refractivity contribution in [2.24, 2.45) is 0 Å². The van der Waals surface area contributed by atoms with Gasteiger partial charge in [-0.3, -0.25) is 0 Å². The number of rotatable bonds is 8. The summed E-state index contributed by atoms with van der Waals surface area (Å²) < 4.78 is 0. The molecule has 0 saturated heterocycles. The first-order valence-corrected chi connectivity index (χ1v) is 19.4. The molecule has 0 bridgehead atoms.